The minimum absolute atomic E-state index is 0.0257. The van der Waals surface area contributed by atoms with E-state index in [9.17, 15) is 9.59 Å². The fourth-order valence-corrected chi connectivity index (χ4v) is 4.35. The Morgan fingerprint density at radius 1 is 1.31 bits per heavy atom. The predicted octanol–water partition coefficient (Wildman–Crippen LogP) is 2.06. The lowest BCUT2D eigenvalue weighted by molar-refractivity contribution is -0.129. The zero-order chi connectivity index (χ0) is 20.4. The van der Waals surface area contributed by atoms with Crippen molar-refractivity contribution in [2.45, 2.75) is 45.2 Å². The first kappa shape index (κ1) is 19.6. The normalized spacial score (nSPS) is 19.2. The number of hydrogen-bond acceptors (Lipinski definition) is 5. The molecule has 7 heteroatoms. The Labute approximate surface area is 170 Å². The van der Waals surface area contributed by atoms with Gasteiger partial charge in [-0.05, 0) is 18.9 Å². The molecular weight excluding hydrogens is 368 g/mol. The molecule has 3 heterocycles. The first-order valence-corrected chi connectivity index (χ1v) is 10.3. The van der Waals surface area contributed by atoms with Gasteiger partial charge in [-0.15, -0.1) is 0 Å². The van der Waals surface area contributed by atoms with Gasteiger partial charge >= 0.3 is 0 Å². The second-order valence-electron chi connectivity index (χ2n) is 7.83. The molecular formula is C22H28N4O3. The van der Waals surface area contributed by atoms with Gasteiger partial charge in [0.2, 0.25) is 5.91 Å². The fraction of sp³-hybridized carbons (Fsp3) is 0.500. The number of rotatable bonds is 5. The number of H-pyrrole nitrogens is 1. The predicted molar refractivity (Wildman–Crippen MR) is 110 cm³/mol. The number of fused-ring (bicyclic) bond motifs is 1. The van der Waals surface area contributed by atoms with Crippen LogP contribution in [0.1, 0.15) is 48.3 Å². The lowest BCUT2D eigenvalue weighted by Gasteiger charge is -2.28. The number of methoxy groups -OCH3 is 1. The average Bonchev–Trinajstić information content (AvgIpc) is 3.23. The summed E-state index contributed by atoms with van der Waals surface area (Å²) in [6.07, 6.45) is 2.05. The van der Waals surface area contributed by atoms with Crippen LogP contribution in [-0.4, -0.2) is 52.4 Å². The number of ether oxygens (including phenoxy) is 1. The van der Waals surface area contributed by atoms with Gasteiger partial charge in [0.1, 0.15) is 11.6 Å². The second-order valence-corrected chi connectivity index (χ2v) is 7.83. The molecule has 1 amide bonds. The number of carbonyl (C=O) groups is 1. The van der Waals surface area contributed by atoms with E-state index in [1.807, 2.05) is 30.0 Å². The maximum Gasteiger partial charge on any atom is 0.254 e. The van der Waals surface area contributed by atoms with Gasteiger partial charge in [0.25, 0.3) is 5.56 Å². The molecule has 0 bridgehead atoms. The Morgan fingerprint density at radius 2 is 2.14 bits per heavy atom. The van der Waals surface area contributed by atoms with E-state index in [4.69, 9.17) is 9.72 Å². The van der Waals surface area contributed by atoms with Crippen molar-refractivity contribution in [2.24, 2.45) is 0 Å². The van der Waals surface area contributed by atoms with Crippen LogP contribution in [0.2, 0.25) is 0 Å². The van der Waals surface area contributed by atoms with E-state index in [2.05, 4.69) is 16.0 Å². The molecule has 0 aliphatic carbocycles. The molecule has 2 aliphatic heterocycles. The van der Waals surface area contributed by atoms with E-state index >= 15 is 0 Å². The Bertz CT molecular complexity index is 955. The Morgan fingerprint density at radius 3 is 2.93 bits per heavy atom. The van der Waals surface area contributed by atoms with Crippen molar-refractivity contribution in [3.05, 3.63) is 57.3 Å². The summed E-state index contributed by atoms with van der Waals surface area (Å²) in [6, 6.07) is 8.02. The molecule has 4 rings (SSSR count). The van der Waals surface area contributed by atoms with Gasteiger partial charge in [0.05, 0.1) is 12.8 Å². The number of carbonyl (C=O) groups excluding carboxylic acids is 1. The summed E-state index contributed by atoms with van der Waals surface area (Å²) in [7, 11) is 1.69. The van der Waals surface area contributed by atoms with E-state index < -0.39 is 0 Å². The number of benzene rings is 1. The first-order chi connectivity index (χ1) is 14.1. The van der Waals surface area contributed by atoms with Gasteiger partial charge < -0.3 is 14.6 Å². The molecule has 7 nitrogen and oxygen atoms in total. The number of hydrogen-bond donors (Lipinski definition) is 1. The lowest BCUT2D eigenvalue weighted by atomic mass is 10.0. The molecule has 1 saturated heterocycles. The lowest BCUT2D eigenvalue weighted by Crippen LogP contribution is -2.36. The van der Waals surface area contributed by atoms with Gasteiger partial charge in [0.15, 0.2) is 0 Å². The topological polar surface area (TPSA) is 78.5 Å². The largest absolute Gasteiger partial charge is 0.496 e. The van der Waals surface area contributed by atoms with E-state index in [-0.39, 0.29) is 17.4 Å². The highest BCUT2D eigenvalue weighted by molar-refractivity contribution is 5.76. The van der Waals surface area contributed by atoms with Crippen LogP contribution in [0.25, 0.3) is 0 Å². The van der Waals surface area contributed by atoms with Gasteiger partial charge in [-0.3, -0.25) is 14.5 Å². The minimum Gasteiger partial charge on any atom is -0.496 e. The maximum absolute atomic E-state index is 12.7. The number of para-hydroxylation sites is 1. The molecule has 0 saturated carbocycles. The SMILES string of the molecule is CCC(=O)N1CCC(c2nc3c(c(=O)[nH]2)CCN(Cc2ccccc2OC)C3)C1. The summed E-state index contributed by atoms with van der Waals surface area (Å²) in [4.78, 5) is 36.7. The van der Waals surface area contributed by atoms with Crippen LogP contribution >= 0.6 is 0 Å². The highest BCUT2D eigenvalue weighted by atomic mass is 16.5. The number of likely N-dealkylation sites (tertiary alicyclic amines) is 1. The zero-order valence-corrected chi connectivity index (χ0v) is 17.1. The molecule has 1 unspecified atom stereocenters. The third-order valence-corrected chi connectivity index (χ3v) is 5.99. The zero-order valence-electron chi connectivity index (χ0n) is 17.1. The van der Waals surface area contributed by atoms with Crippen LogP contribution in [0.3, 0.4) is 0 Å². The summed E-state index contributed by atoms with van der Waals surface area (Å²) in [5, 5.41) is 0. The summed E-state index contributed by atoms with van der Waals surface area (Å²) in [6.45, 7) is 5.48. The van der Waals surface area contributed by atoms with Gasteiger partial charge in [-0.2, -0.15) is 0 Å². The number of aromatic amines is 1. The third kappa shape index (κ3) is 4.05. The Balaban J connectivity index is 1.52. The fourth-order valence-electron chi connectivity index (χ4n) is 4.35. The summed E-state index contributed by atoms with van der Waals surface area (Å²) in [5.74, 6) is 1.87. The van der Waals surface area contributed by atoms with Crippen molar-refractivity contribution in [3.63, 3.8) is 0 Å². The summed E-state index contributed by atoms with van der Waals surface area (Å²) in [5.41, 5.74) is 2.77. The van der Waals surface area contributed by atoms with Crippen molar-refractivity contribution in [3.8, 4) is 5.75 Å². The van der Waals surface area contributed by atoms with Crippen molar-refractivity contribution in [1.82, 2.24) is 19.8 Å². The standard InChI is InChI=1S/C22H28N4O3/c1-3-20(27)26-11-8-16(13-26)21-23-18-14-25(10-9-17(18)22(28)24-21)12-15-6-4-5-7-19(15)29-2/h4-7,16H,3,8-14H2,1-2H3,(H,23,24,28). The molecule has 1 aromatic carbocycles. The number of nitrogens with one attached hydrogen (secondary N) is 1. The maximum atomic E-state index is 12.7. The van der Waals surface area contributed by atoms with E-state index in [0.29, 0.717) is 25.9 Å². The smallest absolute Gasteiger partial charge is 0.254 e. The number of amides is 1. The third-order valence-electron chi connectivity index (χ3n) is 5.99. The van der Waals surface area contributed by atoms with Gasteiger partial charge in [-0.1, -0.05) is 25.1 Å². The van der Waals surface area contributed by atoms with Crippen molar-refractivity contribution in [2.75, 3.05) is 26.7 Å². The average molecular weight is 396 g/mol. The van der Waals surface area contributed by atoms with E-state index in [1.54, 1.807) is 7.11 Å². The molecule has 1 N–H and O–H groups in total. The van der Waals surface area contributed by atoms with E-state index in [0.717, 1.165) is 54.4 Å². The first-order valence-electron chi connectivity index (χ1n) is 10.3. The molecule has 1 aromatic heterocycles. The number of aromatic nitrogens is 2. The van der Waals surface area contributed by atoms with Crippen LogP contribution < -0.4 is 10.3 Å². The van der Waals surface area contributed by atoms with Crippen LogP contribution in [0.5, 0.6) is 5.75 Å². The molecule has 1 fully saturated rings. The van der Waals surface area contributed by atoms with Crippen LogP contribution in [0.15, 0.2) is 29.1 Å². The molecule has 0 radical (unpaired) electrons. The van der Waals surface area contributed by atoms with Gasteiger partial charge in [-0.25, -0.2) is 4.98 Å². The van der Waals surface area contributed by atoms with Crippen molar-refractivity contribution in [1.29, 1.82) is 0 Å². The Hall–Kier alpha value is -2.67. The summed E-state index contributed by atoms with van der Waals surface area (Å²) >= 11 is 0. The number of nitrogens with zero attached hydrogens (tertiary/aromatic N) is 3. The summed E-state index contributed by atoms with van der Waals surface area (Å²) < 4.78 is 5.47. The quantitative estimate of drug-likeness (QED) is 0.837. The molecule has 154 valence electrons. The monoisotopic (exact) mass is 396 g/mol. The Kier molecular flexibility index (Phi) is 5.67. The van der Waals surface area contributed by atoms with Crippen LogP contribution in [0.4, 0.5) is 0 Å². The molecule has 2 aromatic rings. The molecule has 1 atom stereocenters. The second kappa shape index (κ2) is 8.37. The van der Waals surface area contributed by atoms with Crippen molar-refractivity contribution < 1.29 is 9.53 Å². The highest BCUT2D eigenvalue weighted by Crippen LogP contribution is 2.27. The minimum atomic E-state index is -0.0257. The molecule has 0 spiro atoms. The van der Waals surface area contributed by atoms with Crippen LogP contribution in [-0.2, 0) is 24.3 Å². The highest BCUT2D eigenvalue weighted by Gasteiger charge is 2.30. The van der Waals surface area contributed by atoms with E-state index in [1.165, 1.54) is 0 Å². The molecule has 2 aliphatic rings. The van der Waals surface area contributed by atoms with Gasteiger partial charge in [0, 0.05) is 56.2 Å². The van der Waals surface area contributed by atoms with Crippen LogP contribution in [0, 0.1) is 0 Å². The van der Waals surface area contributed by atoms with Crippen molar-refractivity contribution >= 4 is 5.91 Å². The molecule has 29 heavy (non-hydrogen) atoms.